The van der Waals surface area contributed by atoms with Crippen LogP contribution in [0.25, 0.3) is 22.4 Å². The van der Waals surface area contributed by atoms with Crippen molar-refractivity contribution in [2.45, 2.75) is 38.8 Å². The molecule has 35 heavy (non-hydrogen) atoms. The van der Waals surface area contributed by atoms with Crippen LogP contribution in [0, 0.1) is 0 Å². The van der Waals surface area contributed by atoms with Crippen molar-refractivity contribution < 1.29 is 13.2 Å². The highest BCUT2D eigenvalue weighted by atomic mass is 19.3. The Labute approximate surface area is 199 Å². The summed E-state index contributed by atoms with van der Waals surface area (Å²) in [7, 11) is 0. The van der Waals surface area contributed by atoms with Gasteiger partial charge in [0.1, 0.15) is 0 Å². The van der Waals surface area contributed by atoms with E-state index in [4.69, 9.17) is 4.42 Å². The van der Waals surface area contributed by atoms with Crippen LogP contribution in [0.4, 0.5) is 8.78 Å². The fraction of sp³-hybridized carbons (Fsp3) is 0.360. The van der Waals surface area contributed by atoms with Gasteiger partial charge in [0.05, 0.1) is 17.4 Å². The van der Waals surface area contributed by atoms with E-state index in [0.29, 0.717) is 28.6 Å². The number of nitrogens with zero attached hydrogens (tertiary/aromatic N) is 5. The van der Waals surface area contributed by atoms with E-state index in [1.807, 2.05) is 12.1 Å². The van der Waals surface area contributed by atoms with E-state index in [0.717, 1.165) is 32.5 Å². The van der Waals surface area contributed by atoms with E-state index in [-0.39, 0.29) is 23.7 Å². The first kappa shape index (κ1) is 23.1. The Morgan fingerprint density at radius 1 is 0.886 bits per heavy atom. The molecule has 0 aliphatic carbocycles. The second-order valence-electron chi connectivity index (χ2n) is 8.69. The Bertz CT molecular complexity index is 1440. The fourth-order valence-electron chi connectivity index (χ4n) is 4.53. The molecule has 3 heterocycles. The third kappa shape index (κ3) is 4.79. The Kier molecular flexibility index (Phi) is 6.54. The lowest BCUT2D eigenvalue weighted by Crippen LogP contribution is -2.42. The molecule has 8 nitrogen and oxygen atoms in total. The van der Waals surface area contributed by atoms with Gasteiger partial charge in [-0.2, -0.15) is 8.78 Å². The zero-order valence-corrected chi connectivity index (χ0v) is 19.1. The number of hydrogen-bond acceptors (Lipinski definition) is 6. The lowest BCUT2D eigenvalue weighted by molar-refractivity contribution is 0.116. The summed E-state index contributed by atoms with van der Waals surface area (Å²) in [5.74, 6) is -0.758. The van der Waals surface area contributed by atoms with Gasteiger partial charge in [0.2, 0.25) is 5.89 Å². The molecule has 2 aromatic carbocycles. The summed E-state index contributed by atoms with van der Waals surface area (Å²) < 4.78 is 33.4. The Hall–Kier alpha value is -3.66. The molecule has 1 fully saturated rings. The molecule has 182 valence electrons. The summed E-state index contributed by atoms with van der Waals surface area (Å²) in [6.07, 6.45) is 0.728. The van der Waals surface area contributed by atoms with Crippen molar-refractivity contribution in [3.8, 4) is 11.5 Å². The minimum absolute atomic E-state index is 0.0187. The van der Waals surface area contributed by atoms with Crippen molar-refractivity contribution >= 4 is 10.9 Å². The zero-order chi connectivity index (χ0) is 24.4. The van der Waals surface area contributed by atoms with Crippen LogP contribution in [0.1, 0.15) is 37.1 Å². The Morgan fingerprint density at radius 2 is 1.63 bits per heavy atom. The molecule has 0 bridgehead atoms. The molecule has 0 amide bonds. The van der Waals surface area contributed by atoms with Gasteiger partial charge in [0.15, 0.2) is 0 Å². The predicted molar refractivity (Wildman–Crippen MR) is 127 cm³/mol. The molecule has 2 aromatic heterocycles. The van der Waals surface area contributed by atoms with Crippen molar-refractivity contribution in [2.75, 3.05) is 19.6 Å². The number of alkyl halides is 2. The summed E-state index contributed by atoms with van der Waals surface area (Å²) in [4.78, 5) is 29.0. The summed E-state index contributed by atoms with van der Waals surface area (Å²) >= 11 is 0. The van der Waals surface area contributed by atoms with Crippen LogP contribution in [0.5, 0.6) is 0 Å². The lowest BCUT2D eigenvalue weighted by Gasteiger charge is -2.27. The number of likely N-dealkylation sites (tertiary alicyclic amines) is 1. The molecule has 1 aliphatic heterocycles. The normalized spacial score (nSPS) is 14.7. The van der Waals surface area contributed by atoms with Crippen LogP contribution < -0.4 is 11.2 Å². The lowest BCUT2D eigenvalue weighted by atomic mass is 10.1. The molecule has 0 atom stereocenters. The molecular formula is C25H25F2N5O3. The van der Waals surface area contributed by atoms with Gasteiger partial charge >= 0.3 is 12.1 Å². The van der Waals surface area contributed by atoms with Crippen LogP contribution in [-0.2, 0) is 13.1 Å². The molecule has 0 saturated carbocycles. The van der Waals surface area contributed by atoms with Gasteiger partial charge in [-0.05, 0) is 55.8 Å². The molecule has 1 saturated heterocycles. The smallest absolute Gasteiger partial charge is 0.331 e. The largest absolute Gasteiger partial charge is 0.415 e. The number of halogens is 2. The molecule has 10 heteroatoms. The summed E-state index contributed by atoms with van der Waals surface area (Å²) in [5, 5.41) is 7.47. The third-order valence-electron chi connectivity index (χ3n) is 6.39. The Balaban J connectivity index is 1.44. The van der Waals surface area contributed by atoms with E-state index in [9.17, 15) is 18.4 Å². The Morgan fingerprint density at radius 3 is 2.34 bits per heavy atom. The molecule has 5 rings (SSSR count). The first-order valence-corrected chi connectivity index (χ1v) is 11.7. The van der Waals surface area contributed by atoms with Crippen molar-refractivity contribution in [2.24, 2.45) is 0 Å². The van der Waals surface area contributed by atoms with Crippen molar-refractivity contribution in [1.29, 1.82) is 0 Å². The summed E-state index contributed by atoms with van der Waals surface area (Å²) in [5.41, 5.74) is 1.12. The zero-order valence-electron chi connectivity index (χ0n) is 19.1. The van der Waals surface area contributed by atoms with Crippen LogP contribution in [0.2, 0.25) is 0 Å². The molecular weight excluding hydrogens is 456 g/mol. The second-order valence-corrected chi connectivity index (χ2v) is 8.69. The quantitative estimate of drug-likeness (QED) is 0.400. The average Bonchev–Trinajstić information content (AvgIpc) is 3.38. The number of aromatic nitrogens is 4. The van der Waals surface area contributed by atoms with Gasteiger partial charge in [0.25, 0.3) is 11.4 Å². The van der Waals surface area contributed by atoms with Gasteiger partial charge in [-0.15, -0.1) is 10.2 Å². The van der Waals surface area contributed by atoms with Crippen molar-refractivity contribution in [1.82, 2.24) is 24.2 Å². The van der Waals surface area contributed by atoms with Crippen molar-refractivity contribution in [3.05, 3.63) is 80.8 Å². The highest BCUT2D eigenvalue weighted by molar-refractivity contribution is 5.77. The van der Waals surface area contributed by atoms with Crippen molar-refractivity contribution in [3.63, 3.8) is 0 Å². The minimum atomic E-state index is -2.84. The van der Waals surface area contributed by atoms with E-state index in [2.05, 4.69) is 15.1 Å². The maximum absolute atomic E-state index is 13.4. The highest BCUT2D eigenvalue weighted by Crippen LogP contribution is 2.23. The molecule has 0 radical (unpaired) electrons. The van der Waals surface area contributed by atoms with E-state index < -0.39 is 12.3 Å². The SMILES string of the molecule is O=c1c2ccccc2n(CCN2CCCCC2)c(=O)n1Cc1ccc(-c2nnc(C(F)F)o2)cc1. The molecule has 4 aromatic rings. The number of hydrogen-bond donors (Lipinski definition) is 0. The topological polar surface area (TPSA) is 86.2 Å². The predicted octanol–water partition coefficient (Wildman–Crippen LogP) is 3.69. The first-order valence-electron chi connectivity index (χ1n) is 11.7. The van der Waals surface area contributed by atoms with Crippen LogP contribution in [-0.4, -0.2) is 43.9 Å². The molecule has 0 spiro atoms. The monoisotopic (exact) mass is 481 g/mol. The minimum Gasteiger partial charge on any atom is -0.415 e. The maximum Gasteiger partial charge on any atom is 0.331 e. The number of piperidine rings is 1. The summed E-state index contributed by atoms with van der Waals surface area (Å²) in [6.45, 7) is 3.39. The number of benzene rings is 2. The van der Waals surface area contributed by atoms with Crippen LogP contribution in [0.3, 0.4) is 0 Å². The molecule has 0 N–H and O–H groups in total. The van der Waals surface area contributed by atoms with Gasteiger partial charge in [-0.1, -0.05) is 30.7 Å². The van der Waals surface area contributed by atoms with E-state index >= 15 is 0 Å². The van der Waals surface area contributed by atoms with E-state index in [1.54, 1.807) is 41.0 Å². The van der Waals surface area contributed by atoms with Gasteiger partial charge < -0.3 is 9.32 Å². The number of rotatable bonds is 7. The third-order valence-corrected chi connectivity index (χ3v) is 6.39. The van der Waals surface area contributed by atoms with Crippen LogP contribution >= 0.6 is 0 Å². The van der Waals surface area contributed by atoms with Gasteiger partial charge in [-0.3, -0.25) is 13.9 Å². The molecule has 0 unspecified atom stereocenters. The standard InChI is InChI=1S/C25H25F2N5O3/c26-21(27)23-29-28-22(35-23)18-10-8-17(9-11-18)16-32-24(33)19-6-2-3-7-20(19)31(25(32)34)15-14-30-12-4-1-5-13-30/h2-3,6-11,21H,1,4-5,12-16H2. The highest BCUT2D eigenvalue weighted by Gasteiger charge is 2.18. The van der Waals surface area contributed by atoms with Gasteiger partial charge in [0, 0.05) is 18.7 Å². The van der Waals surface area contributed by atoms with Crippen LogP contribution in [0.15, 0.2) is 62.5 Å². The van der Waals surface area contributed by atoms with E-state index in [1.165, 1.54) is 11.0 Å². The number of para-hydroxylation sites is 1. The number of fused-ring (bicyclic) bond motifs is 1. The maximum atomic E-state index is 13.4. The first-order chi connectivity index (χ1) is 17.0. The van der Waals surface area contributed by atoms with Gasteiger partial charge in [-0.25, -0.2) is 4.79 Å². The fourth-order valence-corrected chi connectivity index (χ4v) is 4.53. The average molecular weight is 482 g/mol. The summed E-state index contributed by atoms with van der Waals surface area (Å²) in [6, 6.07) is 13.9. The molecule has 1 aliphatic rings. The second kappa shape index (κ2) is 9.91.